The Morgan fingerprint density at radius 3 is 2.41 bits per heavy atom. The number of pyridine rings is 1. The minimum Gasteiger partial charge on any atom is -0.325 e. The van der Waals surface area contributed by atoms with E-state index in [0.717, 1.165) is 11.3 Å². The van der Waals surface area contributed by atoms with Gasteiger partial charge in [0.2, 0.25) is 5.91 Å². The highest BCUT2D eigenvalue weighted by Gasteiger charge is 2.17. The highest BCUT2D eigenvalue weighted by molar-refractivity contribution is 7.99. The van der Waals surface area contributed by atoms with Gasteiger partial charge in [0, 0.05) is 34.4 Å². The van der Waals surface area contributed by atoms with Gasteiger partial charge in [0.25, 0.3) is 0 Å². The number of anilines is 1. The summed E-state index contributed by atoms with van der Waals surface area (Å²) in [5, 5.41) is 12.8. The first-order valence-corrected chi connectivity index (χ1v) is 10.2. The lowest BCUT2D eigenvalue weighted by Gasteiger charge is -2.10. The van der Waals surface area contributed by atoms with Crippen LogP contribution in [0.25, 0.3) is 17.1 Å². The van der Waals surface area contributed by atoms with Crippen LogP contribution in [0.3, 0.4) is 0 Å². The first-order valence-electron chi connectivity index (χ1n) is 8.80. The van der Waals surface area contributed by atoms with Crippen LogP contribution in [-0.4, -0.2) is 31.4 Å². The van der Waals surface area contributed by atoms with Gasteiger partial charge in [-0.1, -0.05) is 41.6 Å². The molecule has 0 aliphatic rings. The standard InChI is InChI=1S/C21H16ClN5OS/c22-16-6-8-17(9-7-16)24-19(28)14-29-21-26-25-20(15-10-12-23-13-11-15)27(21)18-4-2-1-3-5-18/h1-13H,14H2,(H,24,28). The fourth-order valence-corrected chi connectivity index (χ4v) is 3.60. The van der Waals surface area contributed by atoms with E-state index in [1.165, 1.54) is 11.8 Å². The number of hydrogen-bond donors (Lipinski definition) is 1. The largest absolute Gasteiger partial charge is 0.325 e. The first kappa shape index (κ1) is 19.2. The van der Waals surface area contributed by atoms with E-state index in [4.69, 9.17) is 11.6 Å². The van der Waals surface area contributed by atoms with Crippen molar-refractivity contribution in [2.24, 2.45) is 0 Å². The number of amides is 1. The maximum Gasteiger partial charge on any atom is 0.234 e. The van der Waals surface area contributed by atoms with Crippen LogP contribution in [0, 0.1) is 0 Å². The van der Waals surface area contributed by atoms with E-state index in [1.54, 1.807) is 36.7 Å². The Hall–Kier alpha value is -3.16. The molecule has 0 aliphatic heterocycles. The fourth-order valence-electron chi connectivity index (χ4n) is 2.72. The van der Waals surface area contributed by atoms with Crippen molar-refractivity contribution in [3.05, 3.63) is 84.1 Å². The molecule has 29 heavy (non-hydrogen) atoms. The van der Waals surface area contributed by atoms with Crippen LogP contribution in [0.1, 0.15) is 0 Å². The van der Waals surface area contributed by atoms with Gasteiger partial charge in [-0.2, -0.15) is 0 Å². The molecule has 0 saturated carbocycles. The van der Waals surface area contributed by atoms with Gasteiger partial charge in [-0.15, -0.1) is 10.2 Å². The smallest absolute Gasteiger partial charge is 0.234 e. The molecule has 0 radical (unpaired) electrons. The molecule has 6 nitrogen and oxygen atoms in total. The molecule has 144 valence electrons. The van der Waals surface area contributed by atoms with E-state index in [2.05, 4.69) is 20.5 Å². The zero-order chi connectivity index (χ0) is 20.1. The van der Waals surface area contributed by atoms with Gasteiger partial charge in [0.1, 0.15) is 0 Å². The molecule has 4 rings (SSSR count). The predicted octanol–water partition coefficient (Wildman–Crippen LogP) is 4.71. The molecule has 0 saturated heterocycles. The Morgan fingerprint density at radius 2 is 1.69 bits per heavy atom. The summed E-state index contributed by atoms with van der Waals surface area (Å²) in [7, 11) is 0. The first-order chi connectivity index (χ1) is 14.2. The summed E-state index contributed by atoms with van der Waals surface area (Å²) in [4.78, 5) is 16.4. The number of para-hydroxylation sites is 1. The second kappa shape index (κ2) is 8.89. The highest BCUT2D eigenvalue weighted by atomic mass is 35.5. The number of benzene rings is 2. The summed E-state index contributed by atoms with van der Waals surface area (Å²) in [6.45, 7) is 0. The van der Waals surface area contributed by atoms with Gasteiger partial charge >= 0.3 is 0 Å². The number of carbonyl (C=O) groups excluding carboxylic acids is 1. The SMILES string of the molecule is O=C(CSc1nnc(-c2ccncc2)n1-c1ccccc1)Nc1ccc(Cl)cc1. The van der Waals surface area contributed by atoms with Crippen LogP contribution in [0.5, 0.6) is 0 Å². The molecule has 2 heterocycles. The summed E-state index contributed by atoms with van der Waals surface area (Å²) in [6, 6.07) is 20.6. The van der Waals surface area contributed by atoms with Crippen molar-refractivity contribution in [3.8, 4) is 17.1 Å². The van der Waals surface area contributed by atoms with Crippen LogP contribution in [0.4, 0.5) is 5.69 Å². The molecule has 0 spiro atoms. The fraction of sp³-hybridized carbons (Fsp3) is 0.0476. The van der Waals surface area contributed by atoms with E-state index in [1.807, 2.05) is 47.0 Å². The van der Waals surface area contributed by atoms with Crippen molar-refractivity contribution in [2.45, 2.75) is 5.16 Å². The van der Waals surface area contributed by atoms with Crippen LogP contribution >= 0.6 is 23.4 Å². The number of aromatic nitrogens is 4. The van der Waals surface area contributed by atoms with E-state index in [9.17, 15) is 4.79 Å². The lowest BCUT2D eigenvalue weighted by atomic mass is 10.2. The zero-order valence-corrected chi connectivity index (χ0v) is 16.8. The Morgan fingerprint density at radius 1 is 0.966 bits per heavy atom. The third-order valence-corrected chi connectivity index (χ3v) is 5.23. The highest BCUT2D eigenvalue weighted by Crippen LogP contribution is 2.27. The second-order valence-electron chi connectivity index (χ2n) is 6.06. The maximum absolute atomic E-state index is 12.4. The third kappa shape index (κ3) is 4.64. The van der Waals surface area contributed by atoms with E-state index < -0.39 is 0 Å². The zero-order valence-electron chi connectivity index (χ0n) is 15.2. The van der Waals surface area contributed by atoms with Crippen molar-refractivity contribution in [1.82, 2.24) is 19.7 Å². The molecule has 2 aromatic heterocycles. The second-order valence-corrected chi connectivity index (χ2v) is 7.44. The van der Waals surface area contributed by atoms with Crippen molar-refractivity contribution < 1.29 is 4.79 Å². The lowest BCUT2D eigenvalue weighted by Crippen LogP contribution is -2.14. The third-order valence-electron chi connectivity index (χ3n) is 4.05. The van der Waals surface area contributed by atoms with Gasteiger partial charge in [0.05, 0.1) is 5.75 Å². The van der Waals surface area contributed by atoms with E-state index >= 15 is 0 Å². The Bertz CT molecular complexity index is 1100. The molecule has 0 aliphatic carbocycles. The summed E-state index contributed by atoms with van der Waals surface area (Å²) in [5.74, 6) is 0.758. The monoisotopic (exact) mass is 421 g/mol. The molecule has 2 aromatic carbocycles. The van der Waals surface area contributed by atoms with Crippen LogP contribution < -0.4 is 5.32 Å². The van der Waals surface area contributed by atoms with Crippen LogP contribution in [-0.2, 0) is 4.79 Å². The van der Waals surface area contributed by atoms with E-state index in [-0.39, 0.29) is 11.7 Å². The van der Waals surface area contributed by atoms with Crippen molar-refractivity contribution in [1.29, 1.82) is 0 Å². The molecule has 0 unspecified atom stereocenters. The number of hydrogen-bond acceptors (Lipinski definition) is 5. The number of halogens is 1. The summed E-state index contributed by atoms with van der Waals surface area (Å²) >= 11 is 7.20. The molecule has 4 aromatic rings. The molecular weight excluding hydrogens is 406 g/mol. The Labute approximate surface area is 177 Å². The van der Waals surface area contributed by atoms with Gasteiger partial charge in [-0.3, -0.25) is 14.3 Å². The average molecular weight is 422 g/mol. The number of carbonyl (C=O) groups is 1. The molecule has 1 N–H and O–H groups in total. The van der Waals surface area contributed by atoms with Gasteiger partial charge in [-0.25, -0.2) is 0 Å². The van der Waals surface area contributed by atoms with Gasteiger partial charge in [0.15, 0.2) is 11.0 Å². The van der Waals surface area contributed by atoms with Crippen molar-refractivity contribution in [2.75, 3.05) is 11.1 Å². The molecule has 1 amide bonds. The lowest BCUT2D eigenvalue weighted by molar-refractivity contribution is -0.113. The Balaban J connectivity index is 1.56. The van der Waals surface area contributed by atoms with Crippen molar-refractivity contribution in [3.63, 3.8) is 0 Å². The van der Waals surface area contributed by atoms with Gasteiger partial charge in [-0.05, 0) is 48.5 Å². The summed E-state index contributed by atoms with van der Waals surface area (Å²) in [5.41, 5.74) is 2.51. The number of thioether (sulfide) groups is 1. The topological polar surface area (TPSA) is 72.7 Å². The summed E-state index contributed by atoms with van der Waals surface area (Å²) < 4.78 is 1.94. The molecule has 8 heteroatoms. The molecule has 0 atom stereocenters. The quantitative estimate of drug-likeness (QED) is 0.456. The maximum atomic E-state index is 12.4. The number of nitrogens with zero attached hydrogens (tertiary/aromatic N) is 4. The number of rotatable bonds is 6. The van der Waals surface area contributed by atoms with E-state index in [0.29, 0.717) is 21.7 Å². The van der Waals surface area contributed by atoms with Gasteiger partial charge < -0.3 is 5.32 Å². The Kier molecular flexibility index (Phi) is 5.88. The molecule has 0 fully saturated rings. The minimum absolute atomic E-state index is 0.134. The van der Waals surface area contributed by atoms with Crippen LogP contribution in [0.2, 0.25) is 5.02 Å². The van der Waals surface area contributed by atoms with Crippen LogP contribution in [0.15, 0.2) is 84.3 Å². The normalized spacial score (nSPS) is 10.7. The molecule has 0 bridgehead atoms. The molecular formula is C21H16ClN5OS. The summed E-state index contributed by atoms with van der Waals surface area (Å²) in [6.07, 6.45) is 3.43. The average Bonchev–Trinajstić information content (AvgIpc) is 3.19. The van der Waals surface area contributed by atoms with Crippen molar-refractivity contribution >= 4 is 35.0 Å². The minimum atomic E-state index is -0.134. The number of nitrogens with one attached hydrogen (secondary N) is 1. The predicted molar refractivity (Wildman–Crippen MR) is 115 cm³/mol.